The van der Waals surface area contributed by atoms with Gasteiger partial charge in [-0.2, -0.15) is 0 Å². The molecular formula is C12H22N2O4. The highest BCUT2D eigenvalue weighted by Gasteiger charge is 2.42. The standard InChI is InChI=1S/C12H22N2O4/c1-12(9-13-2-5-18-12)10(11(15)16)8-14-3-6-17-7-4-14/h10,13H,2-9H2,1H3,(H,15,16)/t10?,12-/m0/s1. The molecule has 2 rings (SSSR count). The van der Waals surface area contributed by atoms with Gasteiger partial charge in [0.1, 0.15) is 0 Å². The maximum absolute atomic E-state index is 11.5. The number of hydrogen-bond donors (Lipinski definition) is 2. The fourth-order valence-electron chi connectivity index (χ4n) is 2.54. The van der Waals surface area contributed by atoms with E-state index in [9.17, 15) is 9.90 Å². The number of carboxylic acids is 1. The first-order valence-electron chi connectivity index (χ1n) is 6.49. The first kappa shape index (κ1) is 13.7. The highest BCUT2D eigenvalue weighted by molar-refractivity contribution is 5.72. The largest absolute Gasteiger partial charge is 0.481 e. The molecule has 0 saturated carbocycles. The zero-order valence-electron chi connectivity index (χ0n) is 10.9. The molecule has 2 aliphatic rings. The van der Waals surface area contributed by atoms with Gasteiger partial charge in [-0.15, -0.1) is 0 Å². The molecule has 0 radical (unpaired) electrons. The fourth-order valence-corrected chi connectivity index (χ4v) is 2.54. The van der Waals surface area contributed by atoms with Crippen molar-refractivity contribution < 1.29 is 19.4 Å². The number of morpholine rings is 2. The van der Waals surface area contributed by atoms with Crippen LogP contribution < -0.4 is 5.32 Å². The summed E-state index contributed by atoms with van der Waals surface area (Å²) < 4.78 is 11.0. The second-order valence-corrected chi connectivity index (χ2v) is 5.14. The molecule has 104 valence electrons. The van der Waals surface area contributed by atoms with Gasteiger partial charge < -0.3 is 19.9 Å². The van der Waals surface area contributed by atoms with E-state index in [2.05, 4.69) is 10.2 Å². The van der Waals surface area contributed by atoms with Gasteiger partial charge in [0.2, 0.25) is 0 Å². The van der Waals surface area contributed by atoms with Gasteiger partial charge in [0, 0.05) is 32.7 Å². The Morgan fingerprint density at radius 1 is 1.44 bits per heavy atom. The van der Waals surface area contributed by atoms with Crippen molar-refractivity contribution in [3.63, 3.8) is 0 Å². The van der Waals surface area contributed by atoms with Gasteiger partial charge in [0.25, 0.3) is 0 Å². The third-order valence-electron chi connectivity index (χ3n) is 3.77. The summed E-state index contributed by atoms with van der Waals surface area (Å²) in [5, 5.41) is 12.7. The number of aliphatic carboxylic acids is 1. The summed E-state index contributed by atoms with van der Waals surface area (Å²) in [5.74, 6) is -1.30. The third kappa shape index (κ3) is 3.20. The van der Waals surface area contributed by atoms with E-state index in [1.165, 1.54) is 0 Å². The van der Waals surface area contributed by atoms with Crippen LogP contribution in [0.15, 0.2) is 0 Å². The van der Waals surface area contributed by atoms with E-state index in [0.717, 1.165) is 19.6 Å². The zero-order valence-corrected chi connectivity index (χ0v) is 10.9. The quantitative estimate of drug-likeness (QED) is 0.701. The van der Waals surface area contributed by atoms with Gasteiger partial charge >= 0.3 is 5.97 Å². The van der Waals surface area contributed by atoms with Crippen LogP contribution in [0.5, 0.6) is 0 Å². The lowest BCUT2D eigenvalue weighted by Crippen LogP contribution is -2.58. The van der Waals surface area contributed by atoms with Crippen LogP contribution >= 0.6 is 0 Å². The smallest absolute Gasteiger partial charge is 0.310 e. The average Bonchev–Trinajstić information content (AvgIpc) is 2.37. The Morgan fingerprint density at radius 2 is 2.17 bits per heavy atom. The van der Waals surface area contributed by atoms with Crippen molar-refractivity contribution in [1.82, 2.24) is 10.2 Å². The number of carboxylic acid groups (broad SMARTS) is 1. The average molecular weight is 258 g/mol. The summed E-state index contributed by atoms with van der Waals surface area (Å²) in [7, 11) is 0. The van der Waals surface area contributed by atoms with Crippen LogP contribution in [0.2, 0.25) is 0 Å². The summed E-state index contributed by atoms with van der Waals surface area (Å²) in [5.41, 5.74) is -0.623. The highest BCUT2D eigenvalue weighted by Crippen LogP contribution is 2.25. The summed E-state index contributed by atoms with van der Waals surface area (Å²) in [6.07, 6.45) is 0. The Hall–Kier alpha value is -0.690. The van der Waals surface area contributed by atoms with Crippen LogP contribution in [-0.4, -0.2) is 74.1 Å². The van der Waals surface area contributed by atoms with E-state index in [-0.39, 0.29) is 0 Å². The number of nitrogens with zero attached hydrogens (tertiary/aromatic N) is 1. The third-order valence-corrected chi connectivity index (χ3v) is 3.77. The van der Waals surface area contributed by atoms with E-state index in [1.807, 2.05) is 6.92 Å². The molecule has 6 heteroatoms. The van der Waals surface area contributed by atoms with Crippen molar-refractivity contribution in [2.45, 2.75) is 12.5 Å². The van der Waals surface area contributed by atoms with Crippen molar-refractivity contribution in [2.75, 3.05) is 52.5 Å². The van der Waals surface area contributed by atoms with Gasteiger partial charge in [0.15, 0.2) is 0 Å². The van der Waals surface area contributed by atoms with Crippen LogP contribution in [0.4, 0.5) is 0 Å². The van der Waals surface area contributed by atoms with Crippen LogP contribution in [0, 0.1) is 5.92 Å². The van der Waals surface area contributed by atoms with Crippen LogP contribution in [0.1, 0.15) is 6.92 Å². The minimum Gasteiger partial charge on any atom is -0.481 e. The Labute approximate surface area is 107 Å². The Morgan fingerprint density at radius 3 is 2.72 bits per heavy atom. The molecule has 0 aromatic carbocycles. The molecular weight excluding hydrogens is 236 g/mol. The SMILES string of the molecule is C[C@@]1(C(CN2CCOCC2)C(=O)O)CNCCO1. The second-order valence-electron chi connectivity index (χ2n) is 5.14. The Bertz CT molecular complexity index is 286. The monoisotopic (exact) mass is 258 g/mol. The Balaban J connectivity index is 2.00. The number of hydrogen-bond acceptors (Lipinski definition) is 5. The molecule has 2 fully saturated rings. The molecule has 2 aliphatic heterocycles. The molecule has 0 aromatic heterocycles. The van der Waals surface area contributed by atoms with E-state index >= 15 is 0 Å². The van der Waals surface area contributed by atoms with Crippen molar-refractivity contribution in [3.05, 3.63) is 0 Å². The van der Waals surface area contributed by atoms with Crippen molar-refractivity contribution >= 4 is 5.97 Å². The highest BCUT2D eigenvalue weighted by atomic mass is 16.5. The first-order chi connectivity index (χ1) is 8.62. The van der Waals surface area contributed by atoms with Crippen LogP contribution in [-0.2, 0) is 14.3 Å². The van der Waals surface area contributed by atoms with Crippen molar-refractivity contribution in [1.29, 1.82) is 0 Å². The minimum absolute atomic E-state index is 0.511. The minimum atomic E-state index is -0.785. The molecule has 0 bridgehead atoms. The van der Waals surface area contributed by atoms with E-state index in [1.54, 1.807) is 0 Å². The molecule has 1 unspecified atom stereocenters. The maximum Gasteiger partial charge on any atom is 0.310 e. The predicted molar refractivity (Wildman–Crippen MR) is 65.6 cm³/mol. The van der Waals surface area contributed by atoms with Gasteiger partial charge in [-0.1, -0.05) is 0 Å². The number of carbonyl (C=O) groups is 1. The lowest BCUT2D eigenvalue weighted by Gasteiger charge is -2.41. The predicted octanol–water partition coefficient (Wildman–Crippen LogP) is -0.602. The summed E-state index contributed by atoms with van der Waals surface area (Å²) >= 11 is 0. The van der Waals surface area contributed by atoms with Gasteiger partial charge in [-0.05, 0) is 6.92 Å². The molecule has 2 N–H and O–H groups in total. The molecule has 2 atom stereocenters. The lowest BCUT2D eigenvalue weighted by atomic mass is 9.87. The van der Waals surface area contributed by atoms with Crippen molar-refractivity contribution in [2.24, 2.45) is 5.92 Å². The topological polar surface area (TPSA) is 71.0 Å². The van der Waals surface area contributed by atoms with Crippen molar-refractivity contribution in [3.8, 4) is 0 Å². The van der Waals surface area contributed by atoms with E-state index < -0.39 is 17.5 Å². The molecule has 18 heavy (non-hydrogen) atoms. The molecule has 0 amide bonds. The van der Waals surface area contributed by atoms with Gasteiger partial charge in [-0.3, -0.25) is 9.69 Å². The van der Waals surface area contributed by atoms with Crippen LogP contribution in [0.25, 0.3) is 0 Å². The second kappa shape index (κ2) is 5.97. The molecule has 2 saturated heterocycles. The zero-order chi connectivity index (χ0) is 13.0. The summed E-state index contributed by atoms with van der Waals surface area (Å²) in [6, 6.07) is 0. The molecule has 2 heterocycles. The first-order valence-corrected chi connectivity index (χ1v) is 6.49. The maximum atomic E-state index is 11.5. The normalized spacial score (nSPS) is 32.1. The number of rotatable bonds is 4. The van der Waals surface area contributed by atoms with Gasteiger partial charge in [-0.25, -0.2) is 0 Å². The van der Waals surface area contributed by atoms with Crippen LogP contribution in [0.3, 0.4) is 0 Å². The number of nitrogens with one attached hydrogen (secondary N) is 1. The molecule has 6 nitrogen and oxygen atoms in total. The van der Waals surface area contributed by atoms with Gasteiger partial charge in [0.05, 0.1) is 31.3 Å². The Kier molecular flexibility index (Phi) is 4.55. The molecule has 0 aromatic rings. The summed E-state index contributed by atoms with van der Waals surface area (Å²) in [6.45, 7) is 7.33. The van der Waals surface area contributed by atoms with E-state index in [0.29, 0.717) is 32.9 Å². The lowest BCUT2D eigenvalue weighted by molar-refractivity contribution is -0.162. The van der Waals surface area contributed by atoms with E-state index in [4.69, 9.17) is 9.47 Å². The summed E-state index contributed by atoms with van der Waals surface area (Å²) in [4.78, 5) is 13.7. The molecule has 0 spiro atoms. The fraction of sp³-hybridized carbons (Fsp3) is 0.917. The molecule has 0 aliphatic carbocycles. The number of ether oxygens (including phenoxy) is 2.